The van der Waals surface area contributed by atoms with Crippen molar-refractivity contribution in [1.82, 2.24) is 15.5 Å². The van der Waals surface area contributed by atoms with E-state index in [2.05, 4.69) is 17.2 Å². The Morgan fingerprint density at radius 2 is 2.27 bits per heavy atom. The van der Waals surface area contributed by atoms with E-state index in [9.17, 15) is 14.4 Å². The van der Waals surface area contributed by atoms with Gasteiger partial charge in [0.25, 0.3) is 5.91 Å². The number of hydrogen-bond acceptors (Lipinski definition) is 3. The van der Waals surface area contributed by atoms with Crippen molar-refractivity contribution in [3.63, 3.8) is 0 Å². The molecule has 0 unspecified atom stereocenters. The van der Waals surface area contributed by atoms with Crippen LogP contribution in [0.15, 0.2) is 12.2 Å². The highest BCUT2D eigenvalue weighted by atomic mass is 16.2. The molecule has 0 aromatic rings. The fourth-order valence-corrected chi connectivity index (χ4v) is 1.06. The van der Waals surface area contributed by atoms with Gasteiger partial charge in [0.05, 0.1) is 6.54 Å². The summed E-state index contributed by atoms with van der Waals surface area (Å²) < 4.78 is 0. The van der Waals surface area contributed by atoms with E-state index in [1.54, 1.807) is 6.92 Å². The fraction of sp³-hybridized carbons (Fsp3) is 0.444. The molecule has 1 fully saturated rings. The molecule has 1 rings (SSSR count). The third-order valence-corrected chi connectivity index (χ3v) is 1.83. The maximum atomic E-state index is 11.3. The summed E-state index contributed by atoms with van der Waals surface area (Å²) in [7, 11) is 0. The van der Waals surface area contributed by atoms with Crippen molar-refractivity contribution in [3.8, 4) is 0 Å². The van der Waals surface area contributed by atoms with E-state index in [-0.39, 0.29) is 24.9 Å². The van der Waals surface area contributed by atoms with Gasteiger partial charge in [-0.2, -0.15) is 0 Å². The fourth-order valence-electron chi connectivity index (χ4n) is 1.06. The Balaban J connectivity index is 2.40. The average molecular weight is 211 g/mol. The van der Waals surface area contributed by atoms with Crippen molar-refractivity contribution in [2.24, 2.45) is 0 Å². The van der Waals surface area contributed by atoms with Crippen LogP contribution in [0.4, 0.5) is 4.79 Å². The largest absolute Gasteiger partial charge is 0.351 e. The molecular weight excluding hydrogens is 198 g/mol. The van der Waals surface area contributed by atoms with Gasteiger partial charge in [0.15, 0.2) is 0 Å². The Hall–Kier alpha value is -1.85. The van der Waals surface area contributed by atoms with E-state index < -0.39 is 6.03 Å². The molecule has 1 saturated heterocycles. The van der Waals surface area contributed by atoms with Gasteiger partial charge in [-0.05, 0) is 6.92 Å². The third-order valence-electron chi connectivity index (χ3n) is 1.83. The maximum absolute atomic E-state index is 11.3. The summed E-state index contributed by atoms with van der Waals surface area (Å²) in [4.78, 5) is 34.3. The van der Waals surface area contributed by atoms with E-state index in [1.807, 2.05) is 0 Å². The first kappa shape index (κ1) is 11.2. The minimum atomic E-state index is -0.523. The van der Waals surface area contributed by atoms with Crippen molar-refractivity contribution >= 4 is 17.8 Å². The van der Waals surface area contributed by atoms with Crippen LogP contribution >= 0.6 is 0 Å². The maximum Gasteiger partial charge on any atom is 0.325 e. The van der Waals surface area contributed by atoms with E-state index in [4.69, 9.17) is 0 Å². The van der Waals surface area contributed by atoms with Crippen LogP contribution in [0.25, 0.3) is 0 Å². The smallest absolute Gasteiger partial charge is 0.325 e. The lowest BCUT2D eigenvalue weighted by atomic mass is 10.3. The molecule has 1 heterocycles. The van der Waals surface area contributed by atoms with Crippen molar-refractivity contribution < 1.29 is 14.4 Å². The normalized spacial score (nSPS) is 15.1. The molecule has 2 N–H and O–H groups in total. The molecule has 1 aliphatic heterocycles. The van der Waals surface area contributed by atoms with Gasteiger partial charge in [0.2, 0.25) is 5.91 Å². The summed E-state index contributed by atoms with van der Waals surface area (Å²) in [6.07, 6.45) is 0. The minimum absolute atomic E-state index is 0.0351. The van der Waals surface area contributed by atoms with Crippen LogP contribution in [-0.4, -0.2) is 42.4 Å². The topological polar surface area (TPSA) is 78.5 Å². The van der Waals surface area contributed by atoms with Crippen LogP contribution in [0.3, 0.4) is 0 Å². The van der Waals surface area contributed by atoms with Crippen molar-refractivity contribution in [2.45, 2.75) is 6.92 Å². The van der Waals surface area contributed by atoms with Crippen LogP contribution < -0.4 is 10.6 Å². The Bertz CT molecular complexity index is 309. The Labute approximate surface area is 87.3 Å². The van der Waals surface area contributed by atoms with Crippen LogP contribution in [0, 0.1) is 0 Å². The quantitative estimate of drug-likeness (QED) is 0.473. The lowest BCUT2D eigenvalue weighted by Gasteiger charge is -2.11. The van der Waals surface area contributed by atoms with Gasteiger partial charge in [-0.1, -0.05) is 12.2 Å². The van der Waals surface area contributed by atoms with Crippen LogP contribution in [0.1, 0.15) is 6.92 Å². The minimum Gasteiger partial charge on any atom is -0.351 e. The van der Waals surface area contributed by atoms with Crippen LogP contribution in [-0.2, 0) is 9.59 Å². The zero-order valence-corrected chi connectivity index (χ0v) is 8.50. The Morgan fingerprint density at radius 1 is 1.60 bits per heavy atom. The molecule has 82 valence electrons. The molecule has 6 heteroatoms. The number of rotatable bonds is 4. The summed E-state index contributed by atoms with van der Waals surface area (Å²) in [5, 5.41) is 4.87. The lowest BCUT2D eigenvalue weighted by molar-refractivity contribution is -0.130. The molecule has 0 bridgehead atoms. The van der Waals surface area contributed by atoms with Crippen LogP contribution in [0.5, 0.6) is 0 Å². The monoisotopic (exact) mass is 211 g/mol. The first-order chi connectivity index (χ1) is 7.00. The number of nitrogens with zero attached hydrogens (tertiary/aromatic N) is 1. The molecule has 0 saturated carbocycles. The average Bonchev–Trinajstić information content (AvgIpc) is 2.46. The van der Waals surface area contributed by atoms with Gasteiger partial charge in [0.1, 0.15) is 6.54 Å². The molecular formula is C9H13N3O3. The van der Waals surface area contributed by atoms with Gasteiger partial charge < -0.3 is 10.6 Å². The summed E-state index contributed by atoms with van der Waals surface area (Å²) in [6, 6.07) is -0.523. The number of carbonyl (C=O) groups excluding carboxylic acids is 3. The van der Waals surface area contributed by atoms with Crippen molar-refractivity contribution in [2.75, 3.05) is 19.6 Å². The zero-order chi connectivity index (χ0) is 11.4. The summed E-state index contributed by atoms with van der Waals surface area (Å²) in [6.45, 7) is 5.46. The molecule has 4 amide bonds. The van der Waals surface area contributed by atoms with E-state index in [0.29, 0.717) is 6.54 Å². The first-order valence-corrected chi connectivity index (χ1v) is 4.50. The lowest BCUT2D eigenvalue weighted by Crippen LogP contribution is -2.41. The summed E-state index contributed by atoms with van der Waals surface area (Å²) >= 11 is 0. The number of urea groups is 1. The summed E-state index contributed by atoms with van der Waals surface area (Å²) in [5.41, 5.74) is 0.806. The highest BCUT2D eigenvalue weighted by Crippen LogP contribution is 1.97. The number of amides is 4. The molecule has 0 atom stereocenters. The molecule has 1 aliphatic rings. The molecule has 15 heavy (non-hydrogen) atoms. The van der Waals surface area contributed by atoms with E-state index in [1.165, 1.54) is 0 Å². The van der Waals surface area contributed by atoms with Gasteiger partial charge in [-0.3, -0.25) is 14.5 Å². The molecule has 0 aromatic heterocycles. The number of hydrogen-bond donors (Lipinski definition) is 2. The molecule has 0 aromatic carbocycles. The predicted octanol–water partition coefficient (Wildman–Crippen LogP) is -0.769. The van der Waals surface area contributed by atoms with Gasteiger partial charge in [-0.25, -0.2) is 4.79 Å². The number of imide groups is 1. The second-order valence-electron chi connectivity index (χ2n) is 3.37. The first-order valence-electron chi connectivity index (χ1n) is 4.50. The standard InChI is InChI=1S/C9H13N3O3/c1-6(2)3-10-7(13)5-12-8(14)4-11-9(12)15/h1,3-5H2,2H3,(H,10,13)(H,11,15). The number of carbonyl (C=O) groups is 3. The molecule has 0 spiro atoms. The second kappa shape index (κ2) is 4.59. The van der Waals surface area contributed by atoms with E-state index in [0.717, 1.165) is 10.5 Å². The van der Waals surface area contributed by atoms with Crippen molar-refractivity contribution in [1.29, 1.82) is 0 Å². The SMILES string of the molecule is C=C(C)CNC(=O)CN1C(=O)CNC1=O. The predicted molar refractivity (Wildman–Crippen MR) is 52.9 cm³/mol. The third kappa shape index (κ3) is 3.08. The van der Waals surface area contributed by atoms with E-state index >= 15 is 0 Å². The Kier molecular flexibility index (Phi) is 3.43. The second-order valence-corrected chi connectivity index (χ2v) is 3.37. The van der Waals surface area contributed by atoms with Crippen LogP contribution in [0.2, 0.25) is 0 Å². The molecule has 6 nitrogen and oxygen atoms in total. The molecule has 0 aliphatic carbocycles. The van der Waals surface area contributed by atoms with Gasteiger partial charge in [0, 0.05) is 6.54 Å². The van der Waals surface area contributed by atoms with Gasteiger partial charge in [-0.15, -0.1) is 0 Å². The molecule has 0 radical (unpaired) electrons. The highest BCUT2D eigenvalue weighted by molar-refractivity contribution is 6.04. The zero-order valence-electron chi connectivity index (χ0n) is 8.50. The summed E-state index contributed by atoms with van der Waals surface area (Å²) in [5.74, 6) is -0.756. The van der Waals surface area contributed by atoms with Crippen molar-refractivity contribution in [3.05, 3.63) is 12.2 Å². The highest BCUT2D eigenvalue weighted by Gasteiger charge is 2.29. The Morgan fingerprint density at radius 3 is 2.73 bits per heavy atom. The van der Waals surface area contributed by atoms with Gasteiger partial charge >= 0.3 is 6.03 Å². The number of nitrogens with one attached hydrogen (secondary N) is 2.